The van der Waals surface area contributed by atoms with Gasteiger partial charge in [-0.1, -0.05) is 6.42 Å². The minimum atomic E-state index is -0.810. The van der Waals surface area contributed by atoms with Crippen molar-refractivity contribution in [2.45, 2.75) is 31.7 Å². The number of hydrogen-bond donors (Lipinski definition) is 1. The molecule has 3 atom stereocenters. The van der Waals surface area contributed by atoms with E-state index in [1.54, 1.807) is 0 Å². The highest BCUT2D eigenvalue weighted by Gasteiger charge is 2.41. The molecule has 6 heteroatoms. The first-order valence-electron chi connectivity index (χ1n) is 8.00. The van der Waals surface area contributed by atoms with Crippen LogP contribution in [-0.4, -0.2) is 72.2 Å². The standard InChI is InChI=1S/C15H24N2O4/c18-14(12-2-1-3-13(12)15(19)20)17-5-4-11(10-17)16-6-8-21-9-7-16/h11-13H,1-10H2,(H,19,20). The number of nitrogens with zero attached hydrogens (tertiary/aromatic N) is 2. The van der Waals surface area contributed by atoms with Gasteiger partial charge in [-0.15, -0.1) is 0 Å². The third-order valence-corrected chi connectivity index (χ3v) is 5.19. The summed E-state index contributed by atoms with van der Waals surface area (Å²) in [6, 6.07) is 0.419. The summed E-state index contributed by atoms with van der Waals surface area (Å²) in [4.78, 5) is 28.2. The molecule has 2 heterocycles. The van der Waals surface area contributed by atoms with Gasteiger partial charge >= 0.3 is 5.97 Å². The Kier molecular flexibility index (Phi) is 4.45. The molecule has 0 bridgehead atoms. The third-order valence-electron chi connectivity index (χ3n) is 5.19. The molecule has 118 valence electrons. The molecule has 3 aliphatic rings. The van der Waals surface area contributed by atoms with Gasteiger partial charge in [0.1, 0.15) is 0 Å². The number of carbonyl (C=O) groups excluding carboxylic acids is 1. The fraction of sp³-hybridized carbons (Fsp3) is 0.867. The van der Waals surface area contributed by atoms with Crippen LogP contribution in [-0.2, 0) is 14.3 Å². The van der Waals surface area contributed by atoms with Crippen molar-refractivity contribution >= 4 is 11.9 Å². The first kappa shape index (κ1) is 14.8. The Morgan fingerprint density at radius 2 is 1.71 bits per heavy atom. The fourth-order valence-electron chi connectivity index (χ4n) is 3.97. The molecule has 2 aliphatic heterocycles. The van der Waals surface area contributed by atoms with Crippen LogP contribution in [0.4, 0.5) is 0 Å². The van der Waals surface area contributed by atoms with Gasteiger partial charge in [-0.3, -0.25) is 14.5 Å². The van der Waals surface area contributed by atoms with Gasteiger partial charge in [0, 0.05) is 32.2 Å². The van der Waals surface area contributed by atoms with Crippen LogP contribution < -0.4 is 0 Å². The summed E-state index contributed by atoms with van der Waals surface area (Å²) in [5.74, 6) is -1.52. The van der Waals surface area contributed by atoms with E-state index in [-0.39, 0.29) is 11.8 Å². The smallest absolute Gasteiger partial charge is 0.307 e. The Bertz CT molecular complexity index is 408. The van der Waals surface area contributed by atoms with Crippen molar-refractivity contribution in [3.05, 3.63) is 0 Å². The average Bonchev–Trinajstić information content (AvgIpc) is 3.17. The molecule has 0 aromatic carbocycles. The number of carboxylic acid groups (broad SMARTS) is 1. The molecule has 3 rings (SSSR count). The third kappa shape index (κ3) is 3.06. The molecule has 0 aromatic rings. The van der Waals surface area contributed by atoms with Gasteiger partial charge in [-0.05, 0) is 19.3 Å². The highest BCUT2D eigenvalue weighted by Crippen LogP contribution is 2.34. The average molecular weight is 296 g/mol. The van der Waals surface area contributed by atoms with Crippen molar-refractivity contribution in [1.29, 1.82) is 0 Å². The van der Waals surface area contributed by atoms with E-state index < -0.39 is 11.9 Å². The topological polar surface area (TPSA) is 70.1 Å². The van der Waals surface area contributed by atoms with E-state index in [2.05, 4.69) is 4.90 Å². The van der Waals surface area contributed by atoms with Gasteiger partial charge in [0.15, 0.2) is 0 Å². The van der Waals surface area contributed by atoms with E-state index in [9.17, 15) is 14.7 Å². The van der Waals surface area contributed by atoms with Crippen LogP contribution in [0.1, 0.15) is 25.7 Å². The Morgan fingerprint density at radius 3 is 2.43 bits per heavy atom. The second kappa shape index (κ2) is 6.32. The van der Waals surface area contributed by atoms with Crippen LogP contribution >= 0.6 is 0 Å². The molecule has 3 fully saturated rings. The lowest BCUT2D eigenvalue weighted by atomic mass is 9.95. The van der Waals surface area contributed by atoms with Gasteiger partial charge in [-0.25, -0.2) is 0 Å². The molecule has 2 saturated heterocycles. The van der Waals surface area contributed by atoms with Crippen molar-refractivity contribution in [2.24, 2.45) is 11.8 Å². The number of ether oxygens (including phenoxy) is 1. The zero-order valence-corrected chi connectivity index (χ0v) is 12.4. The van der Waals surface area contributed by atoms with Crippen LogP contribution in [0.25, 0.3) is 0 Å². The molecule has 1 saturated carbocycles. The Labute approximate surface area is 125 Å². The Morgan fingerprint density at radius 1 is 1.00 bits per heavy atom. The zero-order valence-electron chi connectivity index (χ0n) is 12.4. The van der Waals surface area contributed by atoms with E-state index in [1.807, 2.05) is 4.90 Å². The predicted octanol–water partition coefficient (Wildman–Crippen LogP) is 0.420. The molecule has 1 amide bonds. The second-order valence-electron chi connectivity index (χ2n) is 6.36. The quantitative estimate of drug-likeness (QED) is 0.817. The lowest BCUT2D eigenvalue weighted by Crippen LogP contribution is -2.46. The largest absolute Gasteiger partial charge is 0.481 e. The number of amides is 1. The molecule has 3 unspecified atom stereocenters. The normalized spacial score (nSPS) is 34.3. The second-order valence-corrected chi connectivity index (χ2v) is 6.36. The lowest BCUT2D eigenvalue weighted by molar-refractivity contribution is -0.148. The van der Waals surface area contributed by atoms with Crippen molar-refractivity contribution < 1.29 is 19.4 Å². The van der Waals surface area contributed by atoms with Crippen molar-refractivity contribution in [1.82, 2.24) is 9.80 Å². The number of aliphatic carboxylic acids is 1. The van der Waals surface area contributed by atoms with Gasteiger partial charge in [0.2, 0.25) is 5.91 Å². The van der Waals surface area contributed by atoms with Crippen molar-refractivity contribution in [3.63, 3.8) is 0 Å². The molecule has 0 aromatic heterocycles. The number of hydrogen-bond acceptors (Lipinski definition) is 4. The summed E-state index contributed by atoms with van der Waals surface area (Å²) < 4.78 is 5.37. The van der Waals surface area contributed by atoms with E-state index >= 15 is 0 Å². The SMILES string of the molecule is O=C(O)C1CCCC1C(=O)N1CCC(N2CCOCC2)C1. The molecule has 6 nitrogen and oxygen atoms in total. The molecule has 21 heavy (non-hydrogen) atoms. The first-order valence-corrected chi connectivity index (χ1v) is 8.00. The number of carbonyl (C=O) groups is 2. The van der Waals surface area contributed by atoms with Crippen LogP contribution in [0.15, 0.2) is 0 Å². The lowest BCUT2D eigenvalue weighted by Gasteiger charge is -2.32. The molecule has 1 aliphatic carbocycles. The maximum Gasteiger partial charge on any atom is 0.307 e. The predicted molar refractivity (Wildman–Crippen MR) is 75.8 cm³/mol. The minimum absolute atomic E-state index is 0.0654. The highest BCUT2D eigenvalue weighted by molar-refractivity contribution is 5.85. The summed E-state index contributed by atoms with van der Waals surface area (Å²) in [5, 5.41) is 9.24. The summed E-state index contributed by atoms with van der Waals surface area (Å²) >= 11 is 0. The van der Waals surface area contributed by atoms with Crippen molar-refractivity contribution in [3.8, 4) is 0 Å². The van der Waals surface area contributed by atoms with Crippen LogP contribution in [0.5, 0.6) is 0 Å². The monoisotopic (exact) mass is 296 g/mol. The van der Waals surface area contributed by atoms with Crippen LogP contribution in [0.2, 0.25) is 0 Å². The fourth-order valence-corrected chi connectivity index (χ4v) is 3.97. The zero-order chi connectivity index (χ0) is 14.8. The molecule has 1 N–H and O–H groups in total. The van der Waals surface area contributed by atoms with Gasteiger partial charge in [-0.2, -0.15) is 0 Å². The Hall–Kier alpha value is -1.14. The molecular formula is C15H24N2O4. The first-order chi connectivity index (χ1) is 10.2. The van der Waals surface area contributed by atoms with Crippen molar-refractivity contribution in [2.75, 3.05) is 39.4 Å². The van der Waals surface area contributed by atoms with Gasteiger partial charge < -0.3 is 14.7 Å². The van der Waals surface area contributed by atoms with E-state index in [0.717, 1.165) is 58.7 Å². The number of morpholine rings is 1. The summed E-state index contributed by atoms with van der Waals surface area (Å²) in [6.45, 7) is 4.94. The number of rotatable bonds is 3. The Balaban J connectivity index is 1.57. The van der Waals surface area contributed by atoms with E-state index in [4.69, 9.17) is 4.74 Å². The number of carboxylic acids is 1. The van der Waals surface area contributed by atoms with E-state index in [0.29, 0.717) is 12.5 Å². The maximum atomic E-state index is 12.6. The molecule has 0 radical (unpaired) electrons. The van der Waals surface area contributed by atoms with Gasteiger partial charge in [0.05, 0.1) is 25.0 Å². The molecular weight excluding hydrogens is 272 g/mol. The summed E-state index contributed by atoms with van der Waals surface area (Å²) in [7, 11) is 0. The minimum Gasteiger partial charge on any atom is -0.481 e. The summed E-state index contributed by atoms with van der Waals surface area (Å²) in [6.07, 6.45) is 3.23. The summed E-state index contributed by atoms with van der Waals surface area (Å²) in [5.41, 5.74) is 0. The number of likely N-dealkylation sites (tertiary alicyclic amines) is 1. The molecule has 0 spiro atoms. The van der Waals surface area contributed by atoms with Gasteiger partial charge in [0.25, 0.3) is 0 Å². The van der Waals surface area contributed by atoms with Crippen LogP contribution in [0, 0.1) is 11.8 Å². The van der Waals surface area contributed by atoms with E-state index in [1.165, 1.54) is 0 Å². The maximum absolute atomic E-state index is 12.6. The highest BCUT2D eigenvalue weighted by atomic mass is 16.5. The van der Waals surface area contributed by atoms with Crippen LogP contribution in [0.3, 0.4) is 0 Å².